The van der Waals surface area contributed by atoms with E-state index in [1.165, 1.54) is 34.6 Å². The van der Waals surface area contributed by atoms with Crippen molar-refractivity contribution in [1.82, 2.24) is 5.32 Å². The number of likely N-dealkylation sites (N-methyl/N-ethyl adjacent to an activating group) is 1. The lowest BCUT2D eigenvalue weighted by atomic mass is 9.98. The Balaban J connectivity index is 2.28. The molecule has 0 bridgehead atoms. The molecule has 2 nitrogen and oxygen atoms in total. The first-order valence-corrected chi connectivity index (χ1v) is 6.82. The minimum absolute atomic E-state index is 0.0391. The van der Waals surface area contributed by atoms with Gasteiger partial charge in [0, 0.05) is 4.90 Å². The van der Waals surface area contributed by atoms with Crippen LogP contribution >= 0.6 is 11.8 Å². The molecular weight excluding hydrogens is 218 g/mol. The second-order valence-electron chi connectivity index (χ2n) is 4.33. The van der Waals surface area contributed by atoms with E-state index in [-0.39, 0.29) is 12.1 Å². The van der Waals surface area contributed by atoms with Crippen LogP contribution in [0.15, 0.2) is 23.1 Å². The Labute approximate surface area is 101 Å². The third kappa shape index (κ3) is 2.42. The number of aliphatic hydroxyl groups excluding tert-OH is 1. The van der Waals surface area contributed by atoms with Crippen molar-refractivity contribution in [3.05, 3.63) is 29.3 Å². The average molecular weight is 237 g/mol. The first-order chi connectivity index (χ1) is 7.72. The maximum Gasteiger partial charge on any atom is 0.0706 e. The number of hydrogen-bond donors (Lipinski definition) is 2. The molecule has 88 valence electrons. The van der Waals surface area contributed by atoms with Crippen molar-refractivity contribution in [1.29, 1.82) is 0 Å². The third-order valence-corrected chi connectivity index (χ3v) is 4.29. The zero-order valence-electron chi connectivity index (χ0n) is 9.86. The fraction of sp³-hybridized carbons (Fsp3) is 0.538. The SMILES string of the molecule is CNC(c1ccc2c(c1)CCCS2)C(C)O. The van der Waals surface area contributed by atoms with Crippen LogP contribution in [-0.2, 0) is 6.42 Å². The molecule has 0 amide bonds. The smallest absolute Gasteiger partial charge is 0.0706 e. The lowest BCUT2D eigenvalue weighted by molar-refractivity contribution is 0.150. The molecule has 2 rings (SSSR count). The van der Waals surface area contributed by atoms with E-state index in [9.17, 15) is 5.11 Å². The van der Waals surface area contributed by atoms with E-state index in [4.69, 9.17) is 0 Å². The quantitative estimate of drug-likeness (QED) is 0.846. The van der Waals surface area contributed by atoms with Crippen LogP contribution < -0.4 is 5.32 Å². The number of aliphatic hydroxyl groups is 1. The number of hydrogen-bond acceptors (Lipinski definition) is 3. The lowest BCUT2D eigenvalue weighted by Crippen LogP contribution is -2.27. The Hall–Kier alpha value is -0.510. The number of fused-ring (bicyclic) bond motifs is 1. The monoisotopic (exact) mass is 237 g/mol. The molecule has 1 aliphatic heterocycles. The summed E-state index contributed by atoms with van der Waals surface area (Å²) < 4.78 is 0. The van der Waals surface area contributed by atoms with Gasteiger partial charge in [-0.2, -0.15) is 0 Å². The molecule has 0 saturated carbocycles. The molecule has 1 aliphatic rings. The molecule has 1 aromatic rings. The van der Waals surface area contributed by atoms with Crippen molar-refractivity contribution in [2.45, 2.75) is 36.8 Å². The van der Waals surface area contributed by atoms with Gasteiger partial charge in [0.25, 0.3) is 0 Å². The van der Waals surface area contributed by atoms with Crippen molar-refractivity contribution >= 4 is 11.8 Å². The van der Waals surface area contributed by atoms with Crippen molar-refractivity contribution in [3.8, 4) is 0 Å². The van der Waals surface area contributed by atoms with E-state index in [1.54, 1.807) is 0 Å². The highest BCUT2D eigenvalue weighted by Gasteiger charge is 2.17. The number of thioether (sulfide) groups is 1. The Morgan fingerprint density at radius 2 is 2.25 bits per heavy atom. The topological polar surface area (TPSA) is 32.3 Å². The Morgan fingerprint density at radius 1 is 1.44 bits per heavy atom. The average Bonchev–Trinajstić information content (AvgIpc) is 2.29. The predicted molar refractivity (Wildman–Crippen MR) is 69.0 cm³/mol. The summed E-state index contributed by atoms with van der Waals surface area (Å²) >= 11 is 1.94. The molecule has 2 atom stereocenters. The van der Waals surface area contributed by atoms with Crippen molar-refractivity contribution in [2.24, 2.45) is 0 Å². The summed E-state index contributed by atoms with van der Waals surface area (Å²) in [6, 6.07) is 6.61. The summed E-state index contributed by atoms with van der Waals surface area (Å²) in [7, 11) is 1.89. The van der Waals surface area contributed by atoms with E-state index in [0.717, 1.165) is 0 Å². The highest BCUT2D eigenvalue weighted by molar-refractivity contribution is 7.99. The van der Waals surface area contributed by atoms with Gasteiger partial charge in [-0.25, -0.2) is 0 Å². The first-order valence-electron chi connectivity index (χ1n) is 5.83. The second-order valence-corrected chi connectivity index (χ2v) is 5.46. The van der Waals surface area contributed by atoms with Crippen LogP contribution in [0, 0.1) is 0 Å². The van der Waals surface area contributed by atoms with Crippen LogP contribution in [-0.4, -0.2) is 24.0 Å². The van der Waals surface area contributed by atoms with Crippen LogP contribution in [0.3, 0.4) is 0 Å². The van der Waals surface area contributed by atoms with Crippen LogP contribution in [0.1, 0.15) is 30.5 Å². The van der Waals surface area contributed by atoms with Crippen LogP contribution in [0.4, 0.5) is 0 Å². The van der Waals surface area contributed by atoms with Gasteiger partial charge >= 0.3 is 0 Å². The minimum Gasteiger partial charge on any atom is -0.391 e. The third-order valence-electron chi connectivity index (χ3n) is 3.09. The Kier molecular flexibility index (Phi) is 3.90. The fourth-order valence-corrected chi connectivity index (χ4v) is 3.28. The molecule has 0 radical (unpaired) electrons. The highest BCUT2D eigenvalue weighted by Crippen LogP contribution is 2.32. The maximum absolute atomic E-state index is 9.70. The molecule has 0 aliphatic carbocycles. The zero-order chi connectivity index (χ0) is 11.5. The summed E-state index contributed by atoms with van der Waals surface area (Å²) in [6.07, 6.45) is 2.08. The van der Waals surface area contributed by atoms with Gasteiger partial charge in [-0.15, -0.1) is 11.8 Å². The second kappa shape index (κ2) is 5.21. The van der Waals surface area contributed by atoms with Gasteiger partial charge in [0.2, 0.25) is 0 Å². The number of aryl methyl sites for hydroxylation is 1. The number of nitrogens with one attached hydrogen (secondary N) is 1. The summed E-state index contributed by atoms with van der Waals surface area (Å²) in [5.74, 6) is 1.23. The van der Waals surface area contributed by atoms with Crippen molar-refractivity contribution < 1.29 is 5.11 Å². The van der Waals surface area contributed by atoms with Gasteiger partial charge in [0.1, 0.15) is 0 Å². The van der Waals surface area contributed by atoms with Gasteiger partial charge in [-0.05, 0) is 49.8 Å². The Morgan fingerprint density at radius 3 is 2.94 bits per heavy atom. The van der Waals surface area contributed by atoms with E-state index in [1.807, 2.05) is 25.7 Å². The largest absolute Gasteiger partial charge is 0.391 e. The van der Waals surface area contributed by atoms with Gasteiger partial charge in [0.15, 0.2) is 0 Å². The van der Waals surface area contributed by atoms with E-state index >= 15 is 0 Å². The molecule has 0 spiro atoms. The molecule has 1 heterocycles. The number of benzene rings is 1. The van der Waals surface area contributed by atoms with E-state index in [0.29, 0.717) is 0 Å². The normalized spacial score (nSPS) is 18.9. The van der Waals surface area contributed by atoms with Gasteiger partial charge in [0.05, 0.1) is 12.1 Å². The lowest BCUT2D eigenvalue weighted by Gasteiger charge is -2.22. The van der Waals surface area contributed by atoms with Crippen LogP contribution in [0.2, 0.25) is 0 Å². The molecule has 0 fully saturated rings. The van der Waals surface area contributed by atoms with E-state index < -0.39 is 0 Å². The molecular formula is C13H19NOS. The van der Waals surface area contributed by atoms with Crippen molar-refractivity contribution in [2.75, 3.05) is 12.8 Å². The molecule has 0 aromatic heterocycles. The summed E-state index contributed by atoms with van der Waals surface area (Å²) in [5, 5.41) is 12.9. The molecule has 2 unspecified atom stereocenters. The Bertz CT molecular complexity index is 365. The predicted octanol–water partition coefficient (Wildman–Crippen LogP) is 2.37. The molecule has 2 N–H and O–H groups in total. The molecule has 0 saturated heterocycles. The minimum atomic E-state index is -0.362. The standard InChI is InChI=1S/C13H19NOS/c1-9(15)13(14-2)11-5-6-12-10(8-11)4-3-7-16-12/h5-6,8-9,13-15H,3-4,7H2,1-2H3. The fourth-order valence-electron chi connectivity index (χ4n) is 2.26. The molecule has 16 heavy (non-hydrogen) atoms. The summed E-state index contributed by atoms with van der Waals surface area (Å²) in [5.41, 5.74) is 2.63. The van der Waals surface area contributed by atoms with Gasteiger partial charge in [-0.1, -0.05) is 12.1 Å². The van der Waals surface area contributed by atoms with Crippen LogP contribution in [0.25, 0.3) is 0 Å². The molecule has 1 aromatic carbocycles. The maximum atomic E-state index is 9.70. The van der Waals surface area contributed by atoms with Gasteiger partial charge in [-0.3, -0.25) is 0 Å². The van der Waals surface area contributed by atoms with E-state index in [2.05, 4.69) is 23.5 Å². The number of rotatable bonds is 3. The van der Waals surface area contributed by atoms with Gasteiger partial charge < -0.3 is 10.4 Å². The van der Waals surface area contributed by atoms with Crippen molar-refractivity contribution in [3.63, 3.8) is 0 Å². The summed E-state index contributed by atoms with van der Waals surface area (Å²) in [4.78, 5) is 1.41. The highest BCUT2D eigenvalue weighted by atomic mass is 32.2. The summed E-state index contributed by atoms with van der Waals surface area (Å²) in [6.45, 7) is 1.83. The molecule has 3 heteroatoms. The zero-order valence-corrected chi connectivity index (χ0v) is 10.7. The first kappa shape index (κ1) is 12.0. The van der Waals surface area contributed by atoms with Crippen LogP contribution in [0.5, 0.6) is 0 Å².